The summed E-state index contributed by atoms with van der Waals surface area (Å²) in [4.78, 5) is 12.4. The van der Waals surface area contributed by atoms with Crippen molar-refractivity contribution in [2.24, 2.45) is 11.7 Å². The van der Waals surface area contributed by atoms with Crippen LogP contribution in [0.3, 0.4) is 0 Å². The number of hydrogen-bond acceptors (Lipinski definition) is 3. The molecule has 1 aliphatic carbocycles. The minimum absolute atomic E-state index is 0.0278. The number of rotatable bonds is 4. The van der Waals surface area contributed by atoms with E-state index >= 15 is 0 Å². The monoisotopic (exact) mass is 310 g/mol. The van der Waals surface area contributed by atoms with Crippen LogP contribution in [-0.4, -0.2) is 18.1 Å². The maximum atomic E-state index is 12.4. The number of carbonyl (C=O) groups excluding carboxylic acids is 1. The first-order valence-corrected chi connectivity index (χ1v) is 7.84. The zero-order chi connectivity index (χ0) is 15.5. The van der Waals surface area contributed by atoms with E-state index in [0.717, 1.165) is 25.7 Å². The SMILES string of the molecule is CCOc1ccc(NC(=O)C2CCCCC2(C)N)cc1Cl. The van der Waals surface area contributed by atoms with Crippen molar-refractivity contribution in [3.05, 3.63) is 23.2 Å². The zero-order valence-corrected chi connectivity index (χ0v) is 13.4. The Bertz CT molecular complexity index is 517. The molecule has 3 N–H and O–H groups in total. The highest BCUT2D eigenvalue weighted by atomic mass is 35.5. The standard InChI is InChI=1S/C16H23ClN2O2/c1-3-21-14-8-7-11(10-13(14)17)19-15(20)12-6-4-5-9-16(12,2)18/h7-8,10,12H,3-6,9,18H2,1-2H3,(H,19,20). The van der Waals surface area contributed by atoms with E-state index in [2.05, 4.69) is 5.32 Å². The van der Waals surface area contributed by atoms with Crippen LogP contribution in [0.2, 0.25) is 5.02 Å². The highest BCUT2D eigenvalue weighted by Crippen LogP contribution is 2.33. The molecule has 2 atom stereocenters. The normalized spacial score (nSPS) is 25.4. The summed E-state index contributed by atoms with van der Waals surface area (Å²) < 4.78 is 5.38. The van der Waals surface area contributed by atoms with Gasteiger partial charge in [0.15, 0.2) is 0 Å². The minimum atomic E-state index is -0.433. The van der Waals surface area contributed by atoms with E-state index in [0.29, 0.717) is 23.1 Å². The summed E-state index contributed by atoms with van der Waals surface area (Å²) in [6.45, 7) is 4.41. The molecule has 0 spiro atoms. The van der Waals surface area contributed by atoms with Gasteiger partial charge in [0.2, 0.25) is 5.91 Å². The van der Waals surface area contributed by atoms with Gasteiger partial charge in [-0.05, 0) is 44.9 Å². The molecule has 0 aromatic heterocycles. The van der Waals surface area contributed by atoms with Gasteiger partial charge in [-0.3, -0.25) is 4.79 Å². The number of halogens is 1. The first-order chi connectivity index (χ1) is 9.94. The van der Waals surface area contributed by atoms with Gasteiger partial charge in [0.05, 0.1) is 17.5 Å². The van der Waals surface area contributed by atoms with E-state index in [4.69, 9.17) is 22.1 Å². The molecule has 2 rings (SSSR count). The lowest BCUT2D eigenvalue weighted by molar-refractivity contribution is -0.122. The molecule has 0 aliphatic heterocycles. The second-order valence-corrected chi connectivity index (χ2v) is 6.28. The highest BCUT2D eigenvalue weighted by Gasteiger charge is 2.37. The van der Waals surface area contributed by atoms with Crippen LogP contribution in [0.25, 0.3) is 0 Å². The van der Waals surface area contributed by atoms with Crippen LogP contribution in [-0.2, 0) is 4.79 Å². The molecule has 0 radical (unpaired) electrons. The second-order valence-electron chi connectivity index (χ2n) is 5.87. The Morgan fingerprint density at radius 3 is 2.90 bits per heavy atom. The van der Waals surface area contributed by atoms with Gasteiger partial charge >= 0.3 is 0 Å². The van der Waals surface area contributed by atoms with Crippen LogP contribution in [0.1, 0.15) is 39.5 Å². The van der Waals surface area contributed by atoms with Gasteiger partial charge in [-0.1, -0.05) is 24.4 Å². The second kappa shape index (κ2) is 6.67. The van der Waals surface area contributed by atoms with Crippen molar-refractivity contribution in [1.29, 1.82) is 0 Å². The summed E-state index contributed by atoms with van der Waals surface area (Å²) >= 11 is 6.13. The van der Waals surface area contributed by atoms with Crippen molar-refractivity contribution in [3.8, 4) is 5.75 Å². The number of nitrogens with two attached hydrogens (primary N) is 1. The van der Waals surface area contributed by atoms with Gasteiger partial charge in [-0.25, -0.2) is 0 Å². The van der Waals surface area contributed by atoms with E-state index < -0.39 is 5.54 Å². The predicted molar refractivity (Wildman–Crippen MR) is 85.8 cm³/mol. The van der Waals surface area contributed by atoms with Crippen molar-refractivity contribution in [2.75, 3.05) is 11.9 Å². The molecule has 1 aliphatic rings. The van der Waals surface area contributed by atoms with Gasteiger partial charge in [0.1, 0.15) is 5.75 Å². The minimum Gasteiger partial charge on any atom is -0.492 e. The Balaban J connectivity index is 2.07. The number of carbonyl (C=O) groups is 1. The van der Waals surface area contributed by atoms with Crippen LogP contribution < -0.4 is 15.8 Å². The van der Waals surface area contributed by atoms with Crippen LogP contribution >= 0.6 is 11.6 Å². The molecule has 4 nitrogen and oxygen atoms in total. The number of hydrogen-bond donors (Lipinski definition) is 2. The predicted octanol–water partition coefficient (Wildman–Crippen LogP) is 3.58. The summed E-state index contributed by atoms with van der Waals surface area (Å²) in [5, 5.41) is 3.41. The molecule has 1 amide bonds. The van der Waals surface area contributed by atoms with E-state index in [1.54, 1.807) is 18.2 Å². The Morgan fingerprint density at radius 2 is 2.29 bits per heavy atom. The van der Waals surface area contributed by atoms with Crippen molar-refractivity contribution in [1.82, 2.24) is 0 Å². The first-order valence-electron chi connectivity index (χ1n) is 7.46. The Hall–Kier alpha value is -1.26. The smallest absolute Gasteiger partial charge is 0.229 e. The number of amides is 1. The topological polar surface area (TPSA) is 64.3 Å². The summed E-state index contributed by atoms with van der Waals surface area (Å²) in [5.74, 6) is 0.440. The van der Waals surface area contributed by atoms with Crippen molar-refractivity contribution in [2.45, 2.75) is 45.1 Å². The summed E-state index contributed by atoms with van der Waals surface area (Å²) in [6, 6.07) is 5.27. The van der Waals surface area contributed by atoms with E-state index in [1.165, 1.54) is 0 Å². The van der Waals surface area contributed by atoms with E-state index in [-0.39, 0.29) is 11.8 Å². The maximum absolute atomic E-state index is 12.4. The van der Waals surface area contributed by atoms with Gasteiger partial charge in [-0.15, -0.1) is 0 Å². The molecule has 116 valence electrons. The first kappa shape index (κ1) is 16.1. The fraction of sp³-hybridized carbons (Fsp3) is 0.562. The fourth-order valence-electron chi connectivity index (χ4n) is 2.87. The Kier molecular flexibility index (Phi) is 5.12. The van der Waals surface area contributed by atoms with Gasteiger partial charge in [0, 0.05) is 11.2 Å². The van der Waals surface area contributed by atoms with Crippen LogP contribution in [0, 0.1) is 5.92 Å². The number of ether oxygens (including phenoxy) is 1. The maximum Gasteiger partial charge on any atom is 0.229 e. The third-order valence-corrected chi connectivity index (χ3v) is 4.37. The molecule has 21 heavy (non-hydrogen) atoms. The zero-order valence-electron chi connectivity index (χ0n) is 12.6. The molecule has 0 heterocycles. The molecule has 0 bridgehead atoms. The molecule has 1 aromatic rings. The Morgan fingerprint density at radius 1 is 1.52 bits per heavy atom. The third-order valence-electron chi connectivity index (χ3n) is 4.07. The van der Waals surface area contributed by atoms with Gasteiger partial charge in [0.25, 0.3) is 0 Å². The lowest BCUT2D eigenvalue weighted by Crippen LogP contribution is -2.51. The van der Waals surface area contributed by atoms with Gasteiger partial charge in [-0.2, -0.15) is 0 Å². The lowest BCUT2D eigenvalue weighted by Gasteiger charge is -2.37. The van der Waals surface area contributed by atoms with Crippen LogP contribution in [0.5, 0.6) is 5.75 Å². The average molecular weight is 311 g/mol. The van der Waals surface area contributed by atoms with E-state index in [1.807, 2.05) is 13.8 Å². The molecular weight excluding hydrogens is 288 g/mol. The molecule has 2 unspecified atom stereocenters. The van der Waals surface area contributed by atoms with Crippen molar-refractivity contribution < 1.29 is 9.53 Å². The largest absolute Gasteiger partial charge is 0.492 e. The number of anilines is 1. The van der Waals surface area contributed by atoms with Crippen molar-refractivity contribution in [3.63, 3.8) is 0 Å². The summed E-state index contributed by atoms with van der Waals surface area (Å²) in [5.41, 5.74) is 6.51. The molecule has 1 fully saturated rings. The lowest BCUT2D eigenvalue weighted by atomic mass is 9.74. The molecule has 0 saturated heterocycles. The number of nitrogens with one attached hydrogen (secondary N) is 1. The van der Waals surface area contributed by atoms with Crippen LogP contribution in [0.4, 0.5) is 5.69 Å². The quantitative estimate of drug-likeness (QED) is 0.893. The van der Waals surface area contributed by atoms with E-state index in [9.17, 15) is 4.79 Å². The summed E-state index contributed by atoms with van der Waals surface area (Å²) in [6.07, 6.45) is 3.86. The van der Waals surface area contributed by atoms with Crippen LogP contribution in [0.15, 0.2) is 18.2 Å². The Labute approximate surface area is 131 Å². The van der Waals surface area contributed by atoms with Crippen molar-refractivity contribution >= 4 is 23.2 Å². The third kappa shape index (κ3) is 3.89. The highest BCUT2D eigenvalue weighted by molar-refractivity contribution is 6.32. The summed E-state index contributed by atoms with van der Waals surface area (Å²) in [7, 11) is 0. The molecule has 1 saturated carbocycles. The average Bonchev–Trinajstić information content (AvgIpc) is 2.41. The molecular formula is C16H23ClN2O2. The molecule has 1 aromatic carbocycles. The number of benzene rings is 1. The molecule has 5 heteroatoms. The fourth-order valence-corrected chi connectivity index (χ4v) is 3.10. The van der Waals surface area contributed by atoms with Gasteiger partial charge < -0.3 is 15.8 Å².